The van der Waals surface area contributed by atoms with Gasteiger partial charge in [-0.05, 0) is 74.6 Å². The fourth-order valence-electron chi connectivity index (χ4n) is 4.66. The Hall–Kier alpha value is -2.45. The fourth-order valence-corrected chi connectivity index (χ4v) is 4.86. The Morgan fingerprint density at radius 1 is 0.821 bits per heavy atom. The predicted molar refractivity (Wildman–Crippen MR) is 158 cm³/mol. The van der Waals surface area contributed by atoms with Gasteiger partial charge in [0.15, 0.2) is 0 Å². The molecule has 0 spiro atoms. The van der Waals surface area contributed by atoms with Gasteiger partial charge in [0.25, 0.3) is 0 Å². The highest BCUT2D eigenvalue weighted by Gasteiger charge is 2.20. The first-order valence-electron chi connectivity index (χ1n) is 13.7. The molecule has 0 fully saturated rings. The van der Waals surface area contributed by atoms with Gasteiger partial charge in [-0.3, -0.25) is 4.90 Å². The summed E-state index contributed by atoms with van der Waals surface area (Å²) in [6.45, 7) is 7.56. The van der Waals surface area contributed by atoms with E-state index >= 15 is 0 Å². The quantitative estimate of drug-likeness (QED) is 0.206. The summed E-state index contributed by atoms with van der Waals surface area (Å²) in [5.74, 6) is 0.730. The van der Waals surface area contributed by atoms with E-state index in [-0.39, 0.29) is 18.7 Å². The van der Waals surface area contributed by atoms with Crippen LogP contribution in [-0.2, 0) is 12.8 Å². The molecule has 3 rings (SSSR count). The number of benzene rings is 3. The molecular weight excluding hydrogens is 512 g/mol. The molecule has 0 amide bonds. The first-order chi connectivity index (χ1) is 18.7. The van der Waals surface area contributed by atoms with Crippen LogP contribution in [0.15, 0.2) is 78.9 Å². The summed E-state index contributed by atoms with van der Waals surface area (Å²) in [4.78, 5) is 2.12. The molecule has 4 N–H and O–H groups in total. The normalized spacial score (nSPS) is 15.5. The fraction of sp³-hybridized carbons (Fsp3) is 0.438. The van der Waals surface area contributed by atoms with Crippen molar-refractivity contribution in [2.24, 2.45) is 0 Å². The number of para-hydroxylation sites is 1. The van der Waals surface area contributed by atoms with Crippen molar-refractivity contribution in [2.75, 3.05) is 26.2 Å². The molecule has 0 aliphatic carbocycles. The van der Waals surface area contributed by atoms with Crippen LogP contribution < -0.4 is 10.1 Å². The molecule has 6 nitrogen and oxygen atoms in total. The summed E-state index contributed by atoms with van der Waals surface area (Å²) in [5, 5.41) is 35.1. The molecule has 0 saturated heterocycles. The van der Waals surface area contributed by atoms with E-state index in [1.165, 1.54) is 11.1 Å². The van der Waals surface area contributed by atoms with Crippen molar-refractivity contribution in [1.82, 2.24) is 10.2 Å². The van der Waals surface area contributed by atoms with Crippen LogP contribution in [0, 0.1) is 0 Å². The minimum absolute atomic E-state index is 0.130. The van der Waals surface area contributed by atoms with Crippen LogP contribution in [0.25, 0.3) is 0 Å². The van der Waals surface area contributed by atoms with E-state index in [1.54, 1.807) is 19.1 Å². The lowest BCUT2D eigenvalue weighted by atomic mass is 10.0. The highest BCUT2D eigenvalue weighted by molar-refractivity contribution is 6.30. The number of nitrogens with zero attached hydrogens (tertiary/aromatic N) is 1. The topological polar surface area (TPSA) is 85.2 Å². The van der Waals surface area contributed by atoms with Crippen LogP contribution in [-0.4, -0.2) is 70.8 Å². The maximum atomic E-state index is 10.6. The number of aliphatic hydroxyl groups is 3. The standard InChI is InChI=1S/C32H43ClN2O4/c1-23(34-19-32(38)28-8-7-9-29(33)18-28)16-26-12-14-27(15-13-26)17-24(2)35(20-25(3)36)21-30(37)22-39-31-10-5-4-6-11-31/h4-15,18,23-25,30,32,34,36-38H,16-17,19-22H2,1-3H3/t23-,24-,25+,30+,32+/m1/s1. The number of halogens is 1. The van der Waals surface area contributed by atoms with Crippen LogP contribution in [0.5, 0.6) is 5.75 Å². The van der Waals surface area contributed by atoms with Gasteiger partial charge in [0.1, 0.15) is 18.5 Å². The van der Waals surface area contributed by atoms with E-state index in [4.69, 9.17) is 16.3 Å². The third-order valence-corrected chi connectivity index (χ3v) is 6.98. The molecular formula is C32H43ClN2O4. The SMILES string of the molecule is C[C@H](O)CN(C[C@H](O)COc1ccccc1)[C@H](C)Cc1ccc(C[C@@H](C)NC[C@H](O)c2cccc(Cl)c2)cc1. The molecule has 0 saturated carbocycles. The van der Waals surface area contributed by atoms with E-state index in [0.29, 0.717) is 24.7 Å². The average Bonchev–Trinajstić information content (AvgIpc) is 2.91. The molecule has 0 heterocycles. The Labute approximate surface area is 238 Å². The number of aliphatic hydroxyl groups excluding tert-OH is 3. The van der Waals surface area contributed by atoms with Gasteiger partial charge in [-0.25, -0.2) is 0 Å². The lowest BCUT2D eigenvalue weighted by Crippen LogP contribution is -2.45. The Balaban J connectivity index is 1.47. The van der Waals surface area contributed by atoms with Crippen LogP contribution in [0.4, 0.5) is 0 Å². The summed E-state index contributed by atoms with van der Waals surface area (Å²) in [7, 11) is 0. The zero-order valence-corrected chi connectivity index (χ0v) is 24.0. The lowest BCUT2D eigenvalue weighted by Gasteiger charge is -2.32. The van der Waals surface area contributed by atoms with Gasteiger partial charge in [0.05, 0.1) is 12.2 Å². The predicted octanol–water partition coefficient (Wildman–Crippen LogP) is 4.65. The summed E-state index contributed by atoms with van der Waals surface area (Å²) in [6, 6.07) is 25.7. The van der Waals surface area contributed by atoms with E-state index in [0.717, 1.165) is 24.2 Å². The lowest BCUT2D eigenvalue weighted by molar-refractivity contribution is 0.0334. The molecule has 5 atom stereocenters. The summed E-state index contributed by atoms with van der Waals surface area (Å²) in [5.41, 5.74) is 3.23. The molecule has 0 aromatic heterocycles. The third-order valence-electron chi connectivity index (χ3n) is 6.74. The van der Waals surface area contributed by atoms with Crippen molar-refractivity contribution in [3.8, 4) is 5.75 Å². The molecule has 0 bridgehead atoms. The molecule has 7 heteroatoms. The first-order valence-corrected chi connectivity index (χ1v) is 14.1. The molecule has 212 valence electrons. The Kier molecular flexibility index (Phi) is 12.7. The van der Waals surface area contributed by atoms with Gasteiger partial charge in [-0.1, -0.05) is 66.2 Å². The molecule has 0 aliphatic heterocycles. The second-order valence-electron chi connectivity index (χ2n) is 10.5. The summed E-state index contributed by atoms with van der Waals surface area (Å²) < 4.78 is 5.71. The number of hydrogen-bond acceptors (Lipinski definition) is 6. The van der Waals surface area contributed by atoms with Crippen LogP contribution in [0.2, 0.25) is 5.02 Å². The van der Waals surface area contributed by atoms with Gasteiger partial charge in [0, 0.05) is 36.7 Å². The molecule has 3 aromatic rings. The molecule has 0 unspecified atom stereocenters. The van der Waals surface area contributed by atoms with Crippen LogP contribution >= 0.6 is 11.6 Å². The van der Waals surface area contributed by atoms with Gasteiger partial charge in [-0.2, -0.15) is 0 Å². The second-order valence-corrected chi connectivity index (χ2v) is 11.0. The van der Waals surface area contributed by atoms with E-state index in [1.807, 2.05) is 42.5 Å². The van der Waals surface area contributed by atoms with Crippen LogP contribution in [0.3, 0.4) is 0 Å². The number of hydrogen-bond donors (Lipinski definition) is 4. The van der Waals surface area contributed by atoms with Gasteiger partial charge < -0.3 is 25.4 Å². The minimum Gasteiger partial charge on any atom is -0.491 e. The summed E-state index contributed by atoms with van der Waals surface area (Å²) in [6.07, 6.45) is -0.120. The number of ether oxygens (including phenoxy) is 1. The summed E-state index contributed by atoms with van der Waals surface area (Å²) >= 11 is 6.04. The van der Waals surface area contributed by atoms with Gasteiger partial charge in [-0.15, -0.1) is 0 Å². The molecule has 39 heavy (non-hydrogen) atoms. The molecule has 0 radical (unpaired) electrons. The van der Waals surface area contributed by atoms with E-state index < -0.39 is 18.3 Å². The highest BCUT2D eigenvalue weighted by Crippen LogP contribution is 2.18. The van der Waals surface area contributed by atoms with Crippen LogP contribution in [0.1, 0.15) is 43.6 Å². The zero-order valence-electron chi connectivity index (χ0n) is 23.2. The average molecular weight is 555 g/mol. The van der Waals surface area contributed by atoms with Crippen molar-refractivity contribution < 1.29 is 20.1 Å². The molecule has 0 aliphatic rings. The van der Waals surface area contributed by atoms with Gasteiger partial charge in [0.2, 0.25) is 0 Å². The smallest absolute Gasteiger partial charge is 0.119 e. The van der Waals surface area contributed by atoms with Crippen molar-refractivity contribution in [3.63, 3.8) is 0 Å². The second kappa shape index (κ2) is 16.0. The Morgan fingerprint density at radius 3 is 2.13 bits per heavy atom. The number of rotatable bonds is 16. The Bertz CT molecular complexity index is 1100. The maximum absolute atomic E-state index is 10.6. The maximum Gasteiger partial charge on any atom is 0.119 e. The van der Waals surface area contributed by atoms with E-state index in [2.05, 4.69) is 48.3 Å². The third kappa shape index (κ3) is 11.3. The monoisotopic (exact) mass is 554 g/mol. The highest BCUT2D eigenvalue weighted by atomic mass is 35.5. The largest absolute Gasteiger partial charge is 0.491 e. The van der Waals surface area contributed by atoms with Crippen molar-refractivity contribution in [2.45, 2.75) is 64.0 Å². The zero-order chi connectivity index (χ0) is 28.2. The first kappa shape index (κ1) is 31.1. The van der Waals surface area contributed by atoms with E-state index in [9.17, 15) is 15.3 Å². The van der Waals surface area contributed by atoms with Crippen molar-refractivity contribution >= 4 is 11.6 Å². The van der Waals surface area contributed by atoms with Crippen molar-refractivity contribution in [1.29, 1.82) is 0 Å². The van der Waals surface area contributed by atoms with Crippen molar-refractivity contribution in [3.05, 3.63) is 101 Å². The number of nitrogens with one attached hydrogen (secondary N) is 1. The Morgan fingerprint density at radius 2 is 1.49 bits per heavy atom. The van der Waals surface area contributed by atoms with Gasteiger partial charge >= 0.3 is 0 Å². The minimum atomic E-state index is -0.667. The molecule has 3 aromatic carbocycles.